The zero-order chi connectivity index (χ0) is 12.1. The van der Waals surface area contributed by atoms with E-state index in [2.05, 4.69) is 4.98 Å². The summed E-state index contributed by atoms with van der Waals surface area (Å²) in [5, 5.41) is 0. The quantitative estimate of drug-likeness (QED) is 0.638. The van der Waals surface area contributed by atoms with Crippen LogP contribution in [0.15, 0.2) is 12.1 Å². The van der Waals surface area contributed by atoms with Crippen LogP contribution in [0.5, 0.6) is 0 Å². The number of imidazole rings is 1. The molecule has 0 atom stereocenters. The van der Waals surface area contributed by atoms with Crippen molar-refractivity contribution in [3.63, 3.8) is 0 Å². The zero-order valence-electron chi connectivity index (χ0n) is 8.56. The highest BCUT2D eigenvalue weighted by atomic mass is 19.4. The van der Waals surface area contributed by atoms with Gasteiger partial charge in [-0.3, -0.25) is 0 Å². The molecule has 16 heavy (non-hydrogen) atoms. The molecule has 0 aliphatic rings. The molecule has 0 saturated heterocycles. The Morgan fingerprint density at radius 2 is 1.88 bits per heavy atom. The molecule has 2 nitrogen and oxygen atoms in total. The molecule has 2 rings (SSSR count). The van der Waals surface area contributed by atoms with Crippen LogP contribution < -0.4 is 0 Å². The summed E-state index contributed by atoms with van der Waals surface area (Å²) in [5.41, 5.74) is -1.11. The first kappa shape index (κ1) is 10.9. The minimum absolute atomic E-state index is 0.143. The number of halogens is 4. The lowest BCUT2D eigenvalue weighted by molar-refractivity contribution is -0.136. The summed E-state index contributed by atoms with van der Waals surface area (Å²) in [5.74, 6) is -0.506. The fraction of sp³-hybridized carbons (Fsp3) is 0.300. The van der Waals surface area contributed by atoms with E-state index in [0.29, 0.717) is 11.9 Å². The van der Waals surface area contributed by atoms with Crippen molar-refractivity contribution in [2.45, 2.75) is 13.1 Å². The summed E-state index contributed by atoms with van der Waals surface area (Å²) in [6.45, 7) is 1.57. The number of hydrogen-bond donors (Lipinski definition) is 0. The minimum atomic E-state index is -4.60. The lowest BCUT2D eigenvalue weighted by Crippen LogP contribution is -2.06. The van der Waals surface area contributed by atoms with E-state index in [1.165, 1.54) is 4.57 Å². The van der Waals surface area contributed by atoms with Crippen molar-refractivity contribution < 1.29 is 17.6 Å². The monoisotopic (exact) mass is 232 g/mol. The first-order chi connectivity index (χ1) is 7.30. The van der Waals surface area contributed by atoms with Crippen LogP contribution in [0, 0.1) is 12.7 Å². The topological polar surface area (TPSA) is 17.8 Å². The molecule has 2 aromatic rings. The molecule has 0 saturated carbocycles. The van der Waals surface area contributed by atoms with E-state index in [1.807, 2.05) is 0 Å². The standard InChI is InChI=1S/C10H8F4N2/c1-5-15-9-7(10(12,13)14)3-6(11)4-8(9)16(5)2/h3-4H,1-2H3. The summed E-state index contributed by atoms with van der Waals surface area (Å²) in [7, 11) is 1.55. The van der Waals surface area contributed by atoms with Crippen LogP contribution in [0.2, 0.25) is 0 Å². The van der Waals surface area contributed by atoms with Gasteiger partial charge in [0, 0.05) is 7.05 Å². The summed E-state index contributed by atoms with van der Waals surface area (Å²) in [4.78, 5) is 3.80. The number of rotatable bonds is 0. The molecule has 0 fully saturated rings. The smallest absolute Gasteiger partial charge is 0.331 e. The van der Waals surface area contributed by atoms with Gasteiger partial charge in [-0.15, -0.1) is 0 Å². The Kier molecular flexibility index (Phi) is 2.18. The van der Waals surface area contributed by atoms with Gasteiger partial charge in [0.15, 0.2) is 0 Å². The van der Waals surface area contributed by atoms with Crippen molar-refractivity contribution in [2.75, 3.05) is 0 Å². The Balaban J connectivity index is 2.89. The molecule has 0 N–H and O–H groups in total. The lowest BCUT2D eigenvalue weighted by atomic mass is 10.1. The fourth-order valence-corrected chi connectivity index (χ4v) is 1.59. The normalized spacial score (nSPS) is 12.4. The van der Waals surface area contributed by atoms with Crippen molar-refractivity contribution in [3.05, 3.63) is 29.3 Å². The van der Waals surface area contributed by atoms with Crippen molar-refractivity contribution in [1.82, 2.24) is 9.55 Å². The van der Waals surface area contributed by atoms with Gasteiger partial charge in [0.05, 0.1) is 11.1 Å². The minimum Gasteiger partial charge on any atom is -0.331 e. The molecular weight excluding hydrogens is 224 g/mol. The average molecular weight is 232 g/mol. The molecule has 0 amide bonds. The second-order valence-electron chi connectivity index (χ2n) is 3.54. The Morgan fingerprint density at radius 1 is 1.25 bits per heavy atom. The van der Waals surface area contributed by atoms with E-state index in [1.54, 1.807) is 14.0 Å². The van der Waals surface area contributed by atoms with E-state index in [4.69, 9.17) is 0 Å². The molecule has 0 aliphatic carbocycles. The molecule has 86 valence electrons. The maximum absolute atomic E-state index is 13.1. The molecule has 1 aromatic carbocycles. The van der Waals surface area contributed by atoms with Gasteiger partial charge >= 0.3 is 6.18 Å². The van der Waals surface area contributed by atoms with E-state index >= 15 is 0 Å². The molecule has 0 bridgehead atoms. The predicted octanol–water partition coefficient (Wildman–Crippen LogP) is 3.04. The van der Waals surface area contributed by atoms with Gasteiger partial charge in [-0.2, -0.15) is 13.2 Å². The van der Waals surface area contributed by atoms with Crippen LogP contribution in [0.3, 0.4) is 0 Å². The van der Waals surface area contributed by atoms with E-state index < -0.39 is 17.6 Å². The molecule has 0 radical (unpaired) electrons. The summed E-state index contributed by atoms with van der Waals surface area (Å²) < 4.78 is 52.4. The molecule has 0 unspecified atom stereocenters. The number of alkyl halides is 3. The highest BCUT2D eigenvalue weighted by Crippen LogP contribution is 2.35. The number of fused-ring (bicyclic) bond motifs is 1. The summed E-state index contributed by atoms with van der Waals surface area (Å²) in [6.07, 6.45) is -4.60. The van der Waals surface area contributed by atoms with Crippen molar-refractivity contribution >= 4 is 11.0 Å². The number of benzene rings is 1. The van der Waals surface area contributed by atoms with E-state index in [9.17, 15) is 17.6 Å². The van der Waals surface area contributed by atoms with Crippen molar-refractivity contribution in [2.24, 2.45) is 7.05 Å². The molecule has 0 aliphatic heterocycles. The fourth-order valence-electron chi connectivity index (χ4n) is 1.59. The van der Waals surface area contributed by atoms with E-state index in [0.717, 1.165) is 6.07 Å². The van der Waals surface area contributed by atoms with Gasteiger partial charge in [-0.25, -0.2) is 9.37 Å². The number of aryl methyl sites for hydroxylation is 2. The zero-order valence-corrected chi connectivity index (χ0v) is 8.56. The van der Waals surface area contributed by atoms with Gasteiger partial charge < -0.3 is 4.57 Å². The van der Waals surface area contributed by atoms with Crippen molar-refractivity contribution in [1.29, 1.82) is 0 Å². The van der Waals surface area contributed by atoms with Gasteiger partial charge in [-0.1, -0.05) is 0 Å². The molecule has 1 aromatic heterocycles. The van der Waals surface area contributed by atoms with Crippen LogP contribution in [-0.4, -0.2) is 9.55 Å². The Bertz CT molecular complexity index is 554. The van der Waals surface area contributed by atoms with Gasteiger partial charge in [0.1, 0.15) is 17.2 Å². The third-order valence-electron chi connectivity index (χ3n) is 2.48. The van der Waals surface area contributed by atoms with Crippen LogP contribution in [0.25, 0.3) is 11.0 Å². The van der Waals surface area contributed by atoms with Gasteiger partial charge in [-0.05, 0) is 19.1 Å². The Morgan fingerprint density at radius 3 is 2.44 bits per heavy atom. The number of nitrogens with zero attached hydrogens (tertiary/aromatic N) is 2. The van der Waals surface area contributed by atoms with Crippen LogP contribution in [-0.2, 0) is 13.2 Å². The maximum atomic E-state index is 13.1. The number of aromatic nitrogens is 2. The third-order valence-corrected chi connectivity index (χ3v) is 2.48. The average Bonchev–Trinajstić information content (AvgIpc) is 2.42. The second-order valence-corrected chi connectivity index (χ2v) is 3.54. The Labute approximate surface area is 88.5 Å². The maximum Gasteiger partial charge on any atom is 0.418 e. The molecule has 0 spiro atoms. The first-order valence-corrected chi connectivity index (χ1v) is 4.50. The van der Waals surface area contributed by atoms with Gasteiger partial charge in [0.2, 0.25) is 0 Å². The van der Waals surface area contributed by atoms with Crippen LogP contribution in [0.4, 0.5) is 17.6 Å². The Hall–Kier alpha value is -1.59. The van der Waals surface area contributed by atoms with E-state index in [-0.39, 0.29) is 11.0 Å². The highest BCUT2D eigenvalue weighted by molar-refractivity contribution is 5.80. The second kappa shape index (κ2) is 3.20. The SMILES string of the molecule is Cc1nc2c(C(F)(F)F)cc(F)cc2n1C. The highest BCUT2D eigenvalue weighted by Gasteiger charge is 2.34. The summed E-state index contributed by atoms with van der Waals surface area (Å²) in [6, 6.07) is 1.51. The first-order valence-electron chi connectivity index (χ1n) is 4.50. The largest absolute Gasteiger partial charge is 0.418 e. The molecule has 6 heteroatoms. The summed E-state index contributed by atoms with van der Waals surface area (Å²) >= 11 is 0. The van der Waals surface area contributed by atoms with Gasteiger partial charge in [0.25, 0.3) is 0 Å². The van der Waals surface area contributed by atoms with Crippen molar-refractivity contribution in [3.8, 4) is 0 Å². The lowest BCUT2D eigenvalue weighted by Gasteiger charge is -2.07. The predicted molar refractivity (Wildman–Crippen MR) is 50.4 cm³/mol. The third kappa shape index (κ3) is 1.54. The van der Waals surface area contributed by atoms with Crippen LogP contribution in [0.1, 0.15) is 11.4 Å². The van der Waals surface area contributed by atoms with Crippen LogP contribution >= 0.6 is 0 Å². The molecule has 1 heterocycles. The number of hydrogen-bond acceptors (Lipinski definition) is 1. The molecular formula is C10H8F4N2.